The summed E-state index contributed by atoms with van der Waals surface area (Å²) in [5, 5.41) is 2.84. The summed E-state index contributed by atoms with van der Waals surface area (Å²) in [6, 6.07) is 11.5. The van der Waals surface area contributed by atoms with Gasteiger partial charge >= 0.3 is 0 Å². The first-order valence-electron chi connectivity index (χ1n) is 7.92. The fourth-order valence-corrected chi connectivity index (χ4v) is 2.45. The molecule has 1 N–H and O–H groups in total. The Bertz CT molecular complexity index is 719. The summed E-state index contributed by atoms with van der Waals surface area (Å²) in [7, 11) is 4.95. The minimum Gasteiger partial charge on any atom is -0.497 e. The predicted molar refractivity (Wildman–Crippen MR) is 95.6 cm³/mol. The number of carbonyl (C=O) groups is 1. The van der Waals surface area contributed by atoms with Crippen LogP contribution in [0.4, 0.5) is 10.1 Å². The summed E-state index contributed by atoms with van der Waals surface area (Å²) in [5.74, 6) is 0.738. The van der Waals surface area contributed by atoms with Gasteiger partial charge in [-0.3, -0.25) is 9.69 Å². The second-order valence-corrected chi connectivity index (χ2v) is 5.76. The fraction of sp³-hybridized carbons (Fsp3) is 0.316. The normalized spacial score (nSPS) is 11.9. The van der Waals surface area contributed by atoms with Crippen LogP contribution in [0, 0.1) is 5.82 Å². The van der Waals surface area contributed by atoms with Gasteiger partial charge in [-0.1, -0.05) is 12.1 Å². The van der Waals surface area contributed by atoms with E-state index in [2.05, 4.69) is 5.32 Å². The van der Waals surface area contributed by atoms with Gasteiger partial charge in [-0.25, -0.2) is 4.39 Å². The molecule has 2 aromatic carbocycles. The van der Waals surface area contributed by atoms with Crippen molar-refractivity contribution in [1.29, 1.82) is 0 Å². The van der Waals surface area contributed by atoms with Crippen molar-refractivity contribution in [1.82, 2.24) is 4.90 Å². The van der Waals surface area contributed by atoms with Crippen LogP contribution < -0.4 is 14.8 Å². The highest BCUT2D eigenvalue weighted by Gasteiger charge is 2.16. The van der Waals surface area contributed by atoms with Crippen molar-refractivity contribution in [2.75, 3.05) is 33.1 Å². The van der Waals surface area contributed by atoms with Gasteiger partial charge < -0.3 is 14.8 Å². The van der Waals surface area contributed by atoms with E-state index in [1.807, 2.05) is 18.9 Å². The van der Waals surface area contributed by atoms with Crippen molar-refractivity contribution in [2.45, 2.75) is 13.0 Å². The standard InChI is InChI=1S/C19H23FN2O3/c1-13(14-5-7-15(20)8-6-14)22(2)12-19(23)21-17-10-9-16(24-3)11-18(17)25-4/h5-11,13H,12H2,1-4H3,(H,21,23). The lowest BCUT2D eigenvalue weighted by atomic mass is 10.1. The molecule has 25 heavy (non-hydrogen) atoms. The lowest BCUT2D eigenvalue weighted by Crippen LogP contribution is -2.32. The smallest absolute Gasteiger partial charge is 0.238 e. The summed E-state index contributed by atoms with van der Waals surface area (Å²) in [5.41, 5.74) is 1.52. The van der Waals surface area contributed by atoms with Crippen LogP contribution in [0.5, 0.6) is 11.5 Å². The highest BCUT2D eigenvalue weighted by Crippen LogP contribution is 2.29. The van der Waals surface area contributed by atoms with Gasteiger partial charge in [0, 0.05) is 12.1 Å². The van der Waals surface area contributed by atoms with Crippen molar-refractivity contribution < 1.29 is 18.7 Å². The molecule has 2 aromatic rings. The molecular formula is C19H23FN2O3. The molecule has 2 rings (SSSR count). The second kappa shape index (κ2) is 8.48. The number of methoxy groups -OCH3 is 2. The molecule has 0 aromatic heterocycles. The number of rotatable bonds is 7. The van der Waals surface area contributed by atoms with Crippen LogP contribution in [-0.2, 0) is 4.79 Å². The molecule has 0 saturated heterocycles. The van der Waals surface area contributed by atoms with Gasteiger partial charge in [-0.05, 0) is 43.8 Å². The minimum absolute atomic E-state index is 0.0240. The Morgan fingerprint density at radius 1 is 1.16 bits per heavy atom. The molecule has 1 unspecified atom stereocenters. The van der Waals surface area contributed by atoms with Gasteiger partial charge in [0.1, 0.15) is 17.3 Å². The third kappa shape index (κ3) is 4.93. The van der Waals surface area contributed by atoms with Crippen LogP contribution in [0.3, 0.4) is 0 Å². The molecule has 134 valence electrons. The van der Waals surface area contributed by atoms with Crippen molar-refractivity contribution in [3.63, 3.8) is 0 Å². The fourth-order valence-electron chi connectivity index (χ4n) is 2.45. The van der Waals surface area contributed by atoms with Gasteiger partial charge in [0.2, 0.25) is 5.91 Å². The molecule has 6 heteroatoms. The van der Waals surface area contributed by atoms with E-state index in [4.69, 9.17) is 9.47 Å². The number of amides is 1. The minimum atomic E-state index is -0.275. The average molecular weight is 346 g/mol. The van der Waals surface area contributed by atoms with Gasteiger partial charge in [-0.15, -0.1) is 0 Å². The van der Waals surface area contributed by atoms with Gasteiger partial charge in [0.25, 0.3) is 0 Å². The molecule has 1 atom stereocenters. The molecular weight excluding hydrogens is 323 g/mol. The van der Waals surface area contributed by atoms with Gasteiger partial charge in [-0.2, -0.15) is 0 Å². The summed E-state index contributed by atoms with van der Waals surface area (Å²) in [6.45, 7) is 2.15. The highest BCUT2D eigenvalue weighted by atomic mass is 19.1. The summed E-state index contributed by atoms with van der Waals surface area (Å²) in [4.78, 5) is 14.2. The zero-order chi connectivity index (χ0) is 18.4. The summed E-state index contributed by atoms with van der Waals surface area (Å²) >= 11 is 0. The van der Waals surface area contributed by atoms with Crippen LogP contribution >= 0.6 is 0 Å². The van der Waals surface area contributed by atoms with Crippen LogP contribution in [0.25, 0.3) is 0 Å². The monoisotopic (exact) mass is 346 g/mol. The molecule has 0 spiro atoms. The van der Waals surface area contributed by atoms with E-state index in [0.717, 1.165) is 5.56 Å². The Labute approximate surface area is 147 Å². The Morgan fingerprint density at radius 3 is 2.44 bits per heavy atom. The molecule has 0 aliphatic rings. The lowest BCUT2D eigenvalue weighted by Gasteiger charge is -2.24. The van der Waals surface area contributed by atoms with E-state index in [0.29, 0.717) is 17.2 Å². The zero-order valence-corrected chi connectivity index (χ0v) is 14.9. The van der Waals surface area contributed by atoms with E-state index in [-0.39, 0.29) is 24.3 Å². The summed E-state index contributed by atoms with van der Waals surface area (Å²) in [6.07, 6.45) is 0. The van der Waals surface area contributed by atoms with Crippen molar-refractivity contribution >= 4 is 11.6 Å². The van der Waals surface area contributed by atoms with Crippen LogP contribution in [0.1, 0.15) is 18.5 Å². The number of ether oxygens (including phenoxy) is 2. The molecule has 0 radical (unpaired) electrons. The maximum Gasteiger partial charge on any atom is 0.238 e. The number of likely N-dealkylation sites (N-methyl/N-ethyl adjacent to an activating group) is 1. The number of carbonyl (C=O) groups excluding carboxylic acids is 1. The Balaban J connectivity index is 2.00. The number of nitrogens with one attached hydrogen (secondary N) is 1. The summed E-state index contributed by atoms with van der Waals surface area (Å²) < 4.78 is 23.5. The Hall–Kier alpha value is -2.60. The third-order valence-corrected chi connectivity index (χ3v) is 4.09. The van der Waals surface area contributed by atoms with Gasteiger partial charge in [0.15, 0.2) is 0 Å². The van der Waals surface area contributed by atoms with Crippen molar-refractivity contribution in [3.05, 3.63) is 53.8 Å². The van der Waals surface area contributed by atoms with E-state index in [1.165, 1.54) is 19.2 Å². The van der Waals surface area contributed by atoms with Crippen LogP contribution in [0.2, 0.25) is 0 Å². The lowest BCUT2D eigenvalue weighted by molar-refractivity contribution is -0.117. The molecule has 0 fully saturated rings. The quantitative estimate of drug-likeness (QED) is 0.834. The second-order valence-electron chi connectivity index (χ2n) is 5.76. The van der Waals surface area contributed by atoms with Crippen LogP contribution in [-0.4, -0.2) is 38.6 Å². The van der Waals surface area contributed by atoms with Crippen LogP contribution in [0.15, 0.2) is 42.5 Å². The van der Waals surface area contributed by atoms with E-state index >= 15 is 0 Å². The van der Waals surface area contributed by atoms with Gasteiger partial charge in [0.05, 0.1) is 26.5 Å². The van der Waals surface area contributed by atoms with E-state index in [1.54, 1.807) is 37.4 Å². The maximum absolute atomic E-state index is 13.0. The molecule has 0 saturated carbocycles. The number of hydrogen-bond donors (Lipinski definition) is 1. The first kappa shape index (κ1) is 18.7. The molecule has 0 aliphatic carbocycles. The zero-order valence-electron chi connectivity index (χ0n) is 14.9. The first-order valence-corrected chi connectivity index (χ1v) is 7.92. The number of benzene rings is 2. The number of nitrogens with zero attached hydrogens (tertiary/aromatic N) is 1. The number of anilines is 1. The molecule has 0 bridgehead atoms. The predicted octanol–water partition coefficient (Wildman–Crippen LogP) is 3.47. The first-order chi connectivity index (χ1) is 11.9. The molecule has 0 heterocycles. The number of hydrogen-bond acceptors (Lipinski definition) is 4. The average Bonchev–Trinajstić information content (AvgIpc) is 2.61. The largest absolute Gasteiger partial charge is 0.497 e. The SMILES string of the molecule is COc1ccc(NC(=O)CN(C)C(C)c2ccc(F)cc2)c(OC)c1. The molecule has 1 amide bonds. The Kier molecular flexibility index (Phi) is 6.36. The molecule has 5 nitrogen and oxygen atoms in total. The highest BCUT2D eigenvalue weighted by molar-refractivity contribution is 5.93. The van der Waals surface area contributed by atoms with Crippen molar-refractivity contribution in [2.24, 2.45) is 0 Å². The number of halogens is 1. The van der Waals surface area contributed by atoms with E-state index in [9.17, 15) is 9.18 Å². The van der Waals surface area contributed by atoms with E-state index < -0.39 is 0 Å². The van der Waals surface area contributed by atoms with Crippen molar-refractivity contribution in [3.8, 4) is 11.5 Å². The maximum atomic E-state index is 13.0. The topological polar surface area (TPSA) is 50.8 Å². The third-order valence-electron chi connectivity index (χ3n) is 4.09. The molecule has 0 aliphatic heterocycles. The Morgan fingerprint density at radius 2 is 1.84 bits per heavy atom.